The minimum absolute atomic E-state index is 0.247. The molecule has 34 heavy (non-hydrogen) atoms. The summed E-state index contributed by atoms with van der Waals surface area (Å²) in [6.45, 7) is 12.7. The SMILES string of the molecule is Cc1ccc(NC(=O)Nc2cc(C3CC3c3nnn[nH]3)ccc2N(CC(C)C)CC(C)C)cc1. The number of amides is 2. The number of carbonyl (C=O) groups excluding carboxylic acids is 1. The van der Waals surface area contributed by atoms with Crippen molar-refractivity contribution < 1.29 is 4.79 Å². The van der Waals surface area contributed by atoms with E-state index in [1.807, 2.05) is 31.2 Å². The van der Waals surface area contributed by atoms with Gasteiger partial charge in [0.05, 0.1) is 11.4 Å². The average molecular weight is 462 g/mol. The van der Waals surface area contributed by atoms with Crippen LogP contribution in [0.3, 0.4) is 0 Å². The molecule has 1 aliphatic rings. The summed E-state index contributed by atoms with van der Waals surface area (Å²) in [6.07, 6.45) is 0.993. The molecule has 2 unspecified atom stereocenters. The van der Waals surface area contributed by atoms with Crippen LogP contribution in [-0.2, 0) is 0 Å². The number of nitrogens with zero attached hydrogens (tertiary/aromatic N) is 4. The third-order valence-electron chi connectivity index (χ3n) is 6.02. The van der Waals surface area contributed by atoms with E-state index in [-0.39, 0.29) is 11.9 Å². The van der Waals surface area contributed by atoms with Crippen LogP contribution >= 0.6 is 0 Å². The minimum atomic E-state index is -0.247. The van der Waals surface area contributed by atoms with Gasteiger partial charge >= 0.3 is 6.03 Å². The van der Waals surface area contributed by atoms with E-state index < -0.39 is 0 Å². The highest BCUT2D eigenvalue weighted by Crippen LogP contribution is 2.54. The van der Waals surface area contributed by atoms with E-state index >= 15 is 0 Å². The number of anilines is 3. The van der Waals surface area contributed by atoms with Crippen LogP contribution in [0.5, 0.6) is 0 Å². The fourth-order valence-corrected chi connectivity index (χ4v) is 4.42. The second-order valence-corrected chi connectivity index (χ2v) is 10.1. The van der Waals surface area contributed by atoms with Crippen LogP contribution in [0.25, 0.3) is 0 Å². The Morgan fingerprint density at radius 1 is 1.03 bits per heavy atom. The summed E-state index contributed by atoms with van der Waals surface area (Å²) in [5.41, 5.74) is 4.97. The number of rotatable bonds is 9. The number of aromatic amines is 1. The maximum Gasteiger partial charge on any atom is 0.323 e. The molecule has 0 saturated heterocycles. The summed E-state index contributed by atoms with van der Waals surface area (Å²) in [4.78, 5) is 15.3. The molecule has 4 rings (SSSR count). The molecular weight excluding hydrogens is 426 g/mol. The van der Waals surface area contributed by atoms with Crippen molar-refractivity contribution in [3.8, 4) is 0 Å². The van der Waals surface area contributed by atoms with E-state index in [2.05, 4.69) is 82.1 Å². The third-order valence-corrected chi connectivity index (χ3v) is 6.02. The van der Waals surface area contributed by atoms with Crippen molar-refractivity contribution in [3.05, 3.63) is 59.4 Å². The Labute approximate surface area is 201 Å². The molecule has 2 aromatic carbocycles. The fraction of sp³-hybridized carbons (Fsp3) is 0.462. The monoisotopic (exact) mass is 461 g/mol. The summed E-state index contributed by atoms with van der Waals surface area (Å²) in [7, 11) is 0. The molecule has 8 nitrogen and oxygen atoms in total. The van der Waals surface area contributed by atoms with Crippen LogP contribution < -0.4 is 15.5 Å². The van der Waals surface area contributed by atoms with Crippen LogP contribution in [0, 0.1) is 18.8 Å². The number of nitrogens with one attached hydrogen (secondary N) is 3. The topological polar surface area (TPSA) is 98.8 Å². The van der Waals surface area contributed by atoms with Crippen LogP contribution in [0.4, 0.5) is 21.9 Å². The fourth-order valence-electron chi connectivity index (χ4n) is 4.42. The van der Waals surface area contributed by atoms with E-state index in [1.54, 1.807) is 0 Å². The molecule has 1 aliphatic carbocycles. The number of hydrogen-bond donors (Lipinski definition) is 3. The summed E-state index contributed by atoms with van der Waals surface area (Å²) < 4.78 is 0. The molecule has 0 spiro atoms. The molecule has 0 aliphatic heterocycles. The van der Waals surface area contributed by atoms with Gasteiger partial charge in [-0.15, -0.1) is 5.10 Å². The lowest BCUT2D eigenvalue weighted by Crippen LogP contribution is -2.32. The molecule has 1 saturated carbocycles. The summed E-state index contributed by atoms with van der Waals surface area (Å²) in [5.74, 6) is 2.45. The van der Waals surface area contributed by atoms with E-state index in [9.17, 15) is 4.79 Å². The number of H-pyrrole nitrogens is 1. The largest absolute Gasteiger partial charge is 0.369 e. The minimum Gasteiger partial charge on any atom is -0.369 e. The van der Waals surface area contributed by atoms with Crippen LogP contribution in [0.15, 0.2) is 42.5 Å². The molecular formula is C26H35N7O. The van der Waals surface area contributed by atoms with Crippen molar-refractivity contribution in [2.45, 2.75) is 52.9 Å². The summed E-state index contributed by atoms with van der Waals surface area (Å²) in [5, 5.41) is 20.5. The van der Waals surface area contributed by atoms with Crippen molar-refractivity contribution >= 4 is 23.1 Å². The van der Waals surface area contributed by atoms with Crippen molar-refractivity contribution in [3.63, 3.8) is 0 Å². The molecule has 180 valence electrons. The molecule has 0 bridgehead atoms. The molecule has 1 fully saturated rings. The second kappa shape index (κ2) is 10.2. The standard InChI is InChI=1S/C26H35N7O/c1-16(2)14-33(15-17(3)4)24-11-8-19(21-13-22(21)25-29-31-32-30-25)12-23(24)28-26(34)27-20-9-6-18(5)7-10-20/h6-12,16-17,21-22H,13-15H2,1-5H3,(H2,27,28,34)(H,29,30,31,32). The predicted molar refractivity (Wildman–Crippen MR) is 136 cm³/mol. The molecule has 1 aromatic heterocycles. The molecule has 2 atom stereocenters. The van der Waals surface area contributed by atoms with Gasteiger partial charge in [0.1, 0.15) is 0 Å². The zero-order valence-corrected chi connectivity index (χ0v) is 20.7. The maximum atomic E-state index is 13.0. The lowest BCUT2D eigenvalue weighted by molar-refractivity contribution is 0.262. The first-order chi connectivity index (χ1) is 16.3. The Morgan fingerprint density at radius 2 is 1.74 bits per heavy atom. The first kappa shape index (κ1) is 23.7. The lowest BCUT2D eigenvalue weighted by Gasteiger charge is -2.30. The van der Waals surface area contributed by atoms with Crippen LogP contribution in [-0.4, -0.2) is 39.7 Å². The number of urea groups is 1. The molecule has 2 amide bonds. The Balaban J connectivity index is 1.60. The molecule has 1 heterocycles. The average Bonchev–Trinajstić information content (AvgIpc) is 3.38. The van der Waals surface area contributed by atoms with Gasteiger partial charge in [-0.1, -0.05) is 51.5 Å². The predicted octanol–water partition coefficient (Wildman–Crippen LogP) is 5.54. The zero-order valence-electron chi connectivity index (χ0n) is 20.7. The van der Waals surface area contributed by atoms with E-state index in [1.165, 1.54) is 5.56 Å². The van der Waals surface area contributed by atoms with Gasteiger partial charge < -0.3 is 15.5 Å². The zero-order chi connectivity index (χ0) is 24.2. The van der Waals surface area contributed by atoms with Crippen LogP contribution in [0.1, 0.15) is 62.9 Å². The first-order valence-corrected chi connectivity index (χ1v) is 12.1. The van der Waals surface area contributed by atoms with Crippen molar-refractivity contribution in [1.82, 2.24) is 20.6 Å². The number of carbonyl (C=O) groups is 1. The van der Waals surface area contributed by atoms with Gasteiger partial charge in [-0.3, -0.25) is 0 Å². The summed E-state index contributed by atoms with van der Waals surface area (Å²) in [6, 6.07) is 14.0. The van der Waals surface area contributed by atoms with Gasteiger partial charge in [0.25, 0.3) is 0 Å². The van der Waals surface area contributed by atoms with Gasteiger partial charge in [-0.25, -0.2) is 9.89 Å². The van der Waals surface area contributed by atoms with E-state index in [0.29, 0.717) is 17.8 Å². The molecule has 3 aromatic rings. The number of hydrogen-bond acceptors (Lipinski definition) is 5. The van der Waals surface area contributed by atoms with Gasteiger partial charge in [0, 0.05) is 24.7 Å². The Kier molecular flexibility index (Phi) is 7.14. The van der Waals surface area contributed by atoms with Gasteiger partial charge in [-0.2, -0.15) is 0 Å². The maximum absolute atomic E-state index is 13.0. The number of benzene rings is 2. The van der Waals surface area contributed by atoms with E-state index in [4.69, 9.17) is 0 Å². The smallest absolute Gasteiger partial charge is 0.323 e. The highest BCUT2D eigenvalue weighted by Gasteiger charge is 2.42. The number of tetrazole rings is 1. The lowest BCUT2D eigenvalue weighted by atomic mass is 10.0. The molecule has 8 heteroatoms. The molecule has 0 radical (unpaired) electrons. The molecule has 3 N–H and O–H groups in total. The first-order valence-electron chi connectivity index (χ1n) is 12.1. The number of aromatic nitrogens is 4. The van der Waals surface area contributed by atoms with Crippen molar-refractivity contribution in [2.24, 2.45) is 11.8 Å². The second-order valence-electron chi connectivity index (χ2n) is 10.1. The third kappa shape index (κ3) is 5.92. The van der Waals surface area contributed by atoms with Gasteiger partial charge in [-0.05, 0) is 71.4 Å². The van der Waals surface area contributed by atoms with Crippen LogP contribution in [0.2, 0.25) is 0 Å². The summed E-state index contributed by atoms with van der Waals surface area (Å²) >= 11 is 0. The highest BCUT2D eigenvalue weighted by atomic mass is 16.2. The number of aryl methyl sites for hydroxylation is 1. The van der Waals surface area contributed by atoms with Crippen molar-refractivity contribution in [1.29, 1.82) is 0 Å². The normalized spacial score (nSPS) is 17.1. The Morgan fingerprint density at radius 3 is 2.35 bits per heavy atom. The highest BCUT2D eigenvalue weighted by molar-refractivity contribution is 6.02. The van der Waals surface area contributed by atoms with Crippen molar-refractivity contribution in [2.75, 3.05) is 28.6 Å². The Hall–Kier alpha value is -3.42. The van der Waals surface area contributed by atoms with E-state index in [0.717, 1.165) is 48.0 Å². The quantitative estimate of drug-likeness (QED) is 0.388. The Bertz CT molecular complexity index is 1080. The van der Waals surface area contributed by atoms with Gasteiger partial charge in [0.2, 0.25) is 0 Å². The van der Waals surface area contributed by atoms with Gasteiger partial charge in [0.15, 0.2) is 5.82 Å².